The summed E-state index contributed by atoms with van der Waals surface area (Å²) in [5.74, 6) is 2.20. The van der Waals surface area contributed by atoms with Gasteiger partial charge in [0.1, 0.15) is 11.5 Å². The van der Waals surface area contributed by atoms with E-state index in [1.807, 2.05) is 19.1 Å². The lowest BCUT2D eigenvalue weighted by molar-refractivity contribution is -0.143. The van der Waals surface area contributed by atoms with Crippen LogP contribution in [0.15, 0.2) is 23.2 Å². The van der Waals surface area contributed by atoms with E-state index in [0.717, 1.165) is 12.0 Å². The largest absolute Gasteiger partial charge is 0.497 e. The molecule has 1 aliphatic heterocycles. The molecular formula is C19H30F3IN4O2. The molecule has 29 heavy (non-hydrogen) atoms. The highest BCUT2D eigenvalue weighted by atomic mass is 127. The van der Waals surface area contributed by atoms with Gasteiger partial charge in [0.2, 0.25) is 0 Å². The van der Waals surface area contributed by atoms with E-state index in [9.17, 15) is 13.2 Å². The number of benzene rings is 1. The number of ether oxygens (including phenoxy) is 2. The Bertz CT molecular complexity index is 659. The fraction of sp³-hybridized carbons (Fsp3) is 0.632. The molecule has 0 aliphatic carbocycles. The summed E-state index contributed by atoms with van der Waals surface area (Å²) in [5, 5.41) is 6.41. The molecule has 1 aliphatic rings. The van der Waals surface area contributed by atoms with Crippen molar-refractivity contribution in [2.75, 3.05) is 46.9 Å². The fourth-order valence-electron chi connectivity index (χ4n) is 3.21. The van der Waals surface area contributed by atoms with Crippen molar-refractivity contribution in [3.8, 4) is 11.5 Å². The zero-order valence-corrected chi connectivity index (χ0v) is 19.3. The van der Waals surface area contributed by atoms with Gasteiger partial charge < -0.3 is 20.1 Å². The third kappa shape index (κ3) is 8.85. The third-order valence-electron chi connectivity index (χ3n) is 4.58. The van der Waals surface area contributed by atoms with Crippen LogP contribution in [0.25, 0.3) is 0 Å². The van der Waals surface area contributed by atoms with Crippen LogP contribution in [0.4, 0.5) is 13.2 Å². The Morgan fingerprint density at radius 2 is 2.00 bits per heavy atom. The minimum Gasteiger partial charge on any atom is -0.497 e. The maximum absolute atomic E-state index is 12.5. The Balaban J connectivity index is 0.00000420. The van der Waals surface area contributed by atoms with E-state index in [-0.39, 0.29) is 29.9 Å². The van der Waals surface area contributed by atoms with Gasteiger partial charge in [0, 0.05) is 31.3 Å². The molecule has 0 bridgehead atoms. The normalized spacial score (nSPS) is 17.6. The first-order valence-electron chi connectivity index (χ1n) is 9.36. The number of alkyl halides is 3. The van der Waals surface area contributed by atoms with Gasteiger partial charge in [-0.25, -0.2) is 4.99 Å². The van der Waals surface area contributed by atoms with Crippen molar-refractivity contribution in [3.63, 3.8) is 0 Å². The second-order valence-corrected chi connectivity index (χ2v) is 6.76. The number of guanidine groups is 1. The van der Waals surface area contributed by atoms with Gasteiger partial charge in [-0.15, -0.1) is 24.0 Å². The van der Waals surface area contributed by atoms with Gasteiger partial charge in [0.25, 0.3) is 0 Å². The van der Waals surface area contributed by atoms with Crippen molar-refractivity contribution < 1.29 is 22.6 Å². The zero-order valence-electron chi connectivity index (χ0n) is 17.0. The Kier molecular flexibility index (Phi) is 10.9. The number of nitrogens with zero attached hydrogens (tertiary/aromatic N) is 2. The fourth-order valence-corrected chi connectivity index (χ4v) is 3.21. The number of rotatable bonds is 8. The van der Waals surface area contributed by atoms with Crippen LogP contribution in [0.1, 0.15) is 18.9 Å². The summed E-state index contributed by atoms with van der Waals surface area (Å²) in [7, 11) is 3.19. The van der Waals surface area contributed by atoms with E-state index in [2.05, 4.69) is 15.6 Å². The molecule has 6 nitrogen and oxygen atoms in total. The first-order chi connectivity index (χ1) is 13.3. The lowest BCUT2D eigenvalue weighted by Gasteiger charge is -2.18. The van der Waals surface area contributed by atoms with Crippen molar-refractivity contribution in [3.05, 3.63) is 23.8 Å². The number of likely N-dealkylation sites (tertiary alicyclic amines) is 1. The minimum atomic E-state index is -4.14. The first-order valence-corrected chi connectivity index (χ1v) is 9.36. The van der Waals surface area contributed by atoms with E-state index >= 15 is 0 Å². The Labute approximate surface area is 187 Å². The molecule has 1 aromatic carbocycles. The molecule has 2 N–H and O–H groups in total. The maximum atomic E-state index is 12.5. The molecule has 0 saturated carbocycles. The van der Waals surface area contributed by atoms with Gasteiger partial charge in [-0.2, -0.15) is 13.2 Å². The number of nitrogens with one attached hydrogen (secondary N) is 2. The van der Waals surface area contributed by atoms with Gasteiger partial charge in [-0.3, -0.25) is 4.90 Å². The quantitative estimate of drug-likeness (QED) is 0.307. The summed E-state index contributed by atoms with van der Waals surface area (Å²) in [4.78, 5) is 6.02. The van der Waals surface area contributed by atoms with E-state index in [4.69, 9.17) is 9.47 Å². The molecule has 166 valence electrons. The van der Waals surface area contributed by atoms with Crippen LogP contribution >= 0.6 is 24.0 Å². The van der Waals surface area contributed by atoms with Crippen molar-refractivity contribution in [2.24, 2.45) is 10.9 Å². The van der Waals surface area contributed by atoms with Gasteiger partial charge in [-0.05, 0) is 37.9 Å². The SMILES string of the molecule is CCNC(=NCc1ccc(OC)cc1OC)NCC1CCN(CC(F)(F)F)C1.I. The Morgan fingerprint density at radius 1 is 1.24 bits per heavy atom. The van der Waals surface area contributed by atoms with Crippen LogP contribution in [0.2, 0.25) is 0 Å². The molecular weight excluding hydrogens is 500 g/mol. The van der Waals surface area contributed by atoms with Crippen LogP contribution in [-0.2, 0) is 6.54 Å². The average molecular weight is 530 g/mol. The number of methoxy groups -OCH3 is 2. The van der Waals surface area contributed by atoms with Gasteiger partial charge in [-0.1, -0.05) is 0 Å². The van der Waals surface area contributed by atoms with Gasteiger partial charge in [0.15, 0.2) is 5.96 Å². The molecule has 0 radical (unpaired) electrons. The monoisotopic (exact) mass is 530 g/mol. The van der Waals surface area contributed by atoms with Gasteiger partial charge in [0.05, 0.1) is 27.3 Å². The summed E-state index contributed by atoms with van der Waals surface area (Å²) in [6, 6.07) is 5.55. The van der Waals surface area contributed by atoms with Crippen LogP contribution in [0.3, 0.4) is 0 Å². The molecule has 1 heterocycles. The molecule has 0 aromatic heterocycles. The smallest absolute Gasteiger partial charge is 0.401 e. The number of halogens is 4. The van der Waals surface area contributed by atoms with Crippen LogP contribution < -0.4 is 20.1 Å². The van der Waals surface area contributed by atoms with Crippen LogP contribution in [-0.4, -0.2) is 64.0 Å². The summed E-state index contributed by atoms with van der Waals surface area (Å²) < 4.78 is 48.1. The average Bonchev–Trinajstić information content (AvgIpc) is 3.09. The topological polar surface area (TPSA) is 58.1 Å². The molecule has 1 atom stereocenters. The molecule has 10 heteroatoms. The van der Waals surface area contributed by atoms with Crippen LogP contribution in [0.5, 0.6) is 11.5 Å². The van der Waals surface area contributed by atoms with E-state index in [1.54, 1.807) is 20.3 Å². The van der Waals surface area contributed by atoms with E-state index < -0.39 is 12.7 Å². The summed E-state index contributed by atoms with van der Waals surface area (Å²) >= 11 is 0. The maximum Gasteiger partial charge on any atom is 0.401 e. The first kappa shape index (κ1) is 25.6. The molecule has 1 unspecified atom stereocenters. The minimum absolute atomic E-state index is 0. The lowest BCUT2D eigenvalue weighted by Crippen LogP contribution is -2.40. The van der Waals surface area contributed by atoms with Crippen LogP contribution in [0, 0.1) is 5.92 Å². The molecule has 0 amide bonds. The third-order valence-corrected chi connectivity index (χ3v) is 4.58. The molecule has 1 fully saturated rings. The lowest BCUT2D eigenvalue weighted by atomic mass is 10.1. The number of hydrogen-bond acceptors (Lipinski definition) is 4. The van der Waals surface area contributed by atoms with Crippen molar-refractivity contribution in [1.82, 2.24) is 15.5 Å². The standard InChI is InChI=1S/C19H29F3N4O2.HI/c1-4-23-18(24-10-14-7-8-26(12-14)13-19(20,21)22)25-11-15-5-6-16(27-2)9-17(15)28-3;/h5-6,9,14H,4,7-8,10-13H2,1-3H3,(H2,23,24,25);1H. The van der Waals surface area contributed by atoms with Crippen molar-refractivity contribution in [1.29, 1.82) is 0 Å². The number of aliphatic imine (C=N–C) groups is 1. The predicted molar refractivity (Wildman–Crippen MR) is 118 cm³/mol. The highest BCUT2D eigenvalue weighted by molar-refractivity contribution is 14.0. The van der Waals surface area contributed by atoms with Crippen molar-refractivity contribution >= 4 is 29.9 Å². The molecule has 1 saturated heterocycles. The summed E-state index contributed by atoms with van der Waals surface area (Å²) in [5.41, 5.74) is 0.915. The predicted octanol–water partition coefficient (Wildman–Crippen LogP) is 3.26. The molecule has 2 rings (SSSR count). The van der Waals surface area contributed by atoms with Crippen molar-refractivity contribution in [2.45, 2.75) is 26.1 Å². The molecule has 1 aromatic rings. The second-order valence-electron chi connectivity index (χ2n) is 6.76. The summed E-state index contributed by atoms with van der Waals surface area (Å²) in [6.07, 6.45) is -3.40. The second kappa shape index (κ2) is 12.3. The highest BCUT2D eigenvalue weighted by Gasteiger charge is 2.34. The van der Waals surface area contributed by atoms with Gasteiger partial charge >= 0.3 is 6.18 Å². The Morgan fingerprint density at radius 3 is 2.62 bits per heavy atom. The molecule has 0 spiro atoms. The number of hydrogen-bond donors (Lipinski definition) is 2. The Hall–Kier alpha value is -1.43. The van der Waals surface area contributed by atoms with E-state index in [0.29, 0.717) is 50.2 Å². The van der Waals surface area contributed by atoms with E-state index in [1.165, 1.54) is 4.90 Å². The highest BCUT2D eigenvalue weighted by Crippen LogP contribution is 2.25. The zero-order chi connectivity index (χ0) is 20.6. The summed E-state index contributed by atoms with van der Waals surface area (Å²) in [6.45, 7) is 3.73.